The van der Waals surface area contributed by atoms with Crippen molar-refractivity contribution in [3.05, 3.63) is 23.9 Å². The third-order valence-electron chi connectivity index (χ3n) is 3.36. The SMILES string of the molecule is CSC1CCCC(Nc2ccc(C(N)=S)cn2)C1. The van der Waals surface area contributed by atoms with Gasteiger partial charge in [0.05, 0.1) is 0 Å². The van der Waals surface area contributed by atoms with Gasteiger partial charge in [0.15, 0.2) is 0 Å². The molecule has 2 atom stereocenters. The Morgan fingerprint density at radius 1 is 1.50 bits per heavy atom. The Morgan fingerprint density at radius 3 is 2.94 bits per heavy atom. The Bertz CT molecular complexity index is 405. The minimum absolute atomic E-state index is 0.397. The number of hydrogen-bond donors (Lipinski definition) is 2. The van der Waals surface area contributed by atoms with Gasteiger partial charge in [0.2, 0.25) is 0 Å². The van der Waals surface area contributed by atoms with Crippen LogP contribution in [0.25, 0.3) is 0 Å². The average Bonchev–Trinajstić information content (AvgIpc) is 2.39. The lowest BCUT2D eigenvalue weighted by molar-refractivity contribution is 0.473. The summed E-state index contributed by atoms with van der Waals surface area (Å²) >= 11 is 6.88. The van der Waals surface area contributed by atoms with Crippen molar-refractivity contribution in [2.24, 2.45) is 5.73 Å². The third kappa shape index (κ3) is 3.59. The van der Waals surface area contributed by atoms with Crippen LogP contribution in [0.2, 0.25) is 0 Å². The van der Waals surface area contributed by atoms with Crippen LogP contribution in [0, 0.1) is 0 Å². The van der Waals surface area contributed by atoms with Gasteiger partial charge in [-0.3, -0.25) is 0 Å². The quantitative estimate of drug-likeness (QED) is 0.831. The van der Waals surface area contributed by atoms with Gasteiger partial charge >= 0.3 is 0 Å². The first kappa shape index (κ1) is 13.6. The minimum Gasteiger partial charge on any atom is -0.389 e. The van der Waals surface area contributed by atoms with Crippen molar-refractivity contribution in [1.82, 2.24) is 4.98 Å². The molecule has 2 unspecified atom stereocenters. The number of nitrogens with zero attached hydrogens (tertiary/aromatic N) is 1. The fourth-order valence-electron chi connectivity index (χ4n) is 2.32. The highest BCUT2D eigenvalue weighted by atomic mass is 32.2. The molecule has 0 radical (unpaired) electrons. The molecule has 1 fully saturated rings. The van der Waals surface area contributed by atoms with Gasteiger partial charge in [0, 0.05) is 23.1 Å². The average molecular weight is 281 g/mol. The largest absolute Gasteiger partial charge is 0.389 e. The predicted molar refractivity (Wildman–Crippen MR) is 83.3 cm³/mol. The molecule has 1 aromatic heterocycles. The highest BCUT2D eigenvalue weighted by molar-refractivity contribution is 7.99. The number of anilines is 1. The van der Waals surface area contributed by atoms with E-state index in [0.717, 1.165) is 16.6 Å². The van der Waals surface area contributed by atoms with E-state index in [9.17, 15) is 0 Å². The molecule has 1 saturated carbocycles. The van der Waals surface area contributed by atoms with E-state index in [2.05, 4.69) is 16.6 Å². The van der Waals surface area contributed by atoms with Gasteiger partial charge in [-0.1, -0.05) is 18.6 Å². The van der Waals surface area contributed by atoms with Gasteiger partial charge in [-0.05, 0) is 37.7 Å². The van der Waals surface area contributed by atoms with E-state index in [4.69, 9.17) is 18.0 Å². The Kier molecular flexibility index (Phi) is 4.83. The lowest BCUT2D eigenvalue weighted by Crippen LogP contribution is -2.28. The maximum atomic E-state index is 5.55. The van der Waals surface area contributed by atoms with Crippen molar-refractivity contribution in [2.45, 2.75) is 37.0 Å². The van der Waals surface area contributed by atoms with Crippen molar-refractivity contribution >= 4 is 34.8 Å². The fourth-order valence-corrected chi connectivity index (χ4v) is 3.27. The maximum Gasteiger partial charge on any atom is 0.126 e. The molecule has 3 nitrogen and oxygen atoms in total. The number of pyridine rings is 1. The van der Waals surface area contributed by atoms with Crippen molar-refractivity contribution in [3.63, 3.8) is 0 Å². The molecule has 5 heteroatoms. The molecule has 1 aromatic rings. The standard InChI is InChI=1S/C13H19N3S2/c1-18-11-4-2-3-10(7-11)16-12-6-5-9(8-15-12)13(14)17/h5-6,8,10-11H,2-4,7H2,1H3,(H2,14,17)(H,15,16). The topological polar surface area (TPSA) is 50.9 Å². The molecule has 0 spiro atoms. The van der Waals surface area contributed by atoms with Gasteiger partial charge in [0.1, 0.15) is 10.8 Å². The molecule has 18 heavy (non-hydrogen) atoms. The minimum atomic E-state index is 0.397. The van der Waals surface area contributed by atoms with Crippen molar-refractivity contribution in [1.29, 1.82) is 0 Å². The lowest BCUT2D eigenvalue weighted by atomic mass is 9.95. The summed E-state index contributed by atoms with van der Waals surface area (Å²) in [5, 5.41) is 4.29. The van der Waals surface area contributed by atoms with Gasteiger partial charge in [-0.2, -0.15) is 11.8 Å². The summed E-state index contributed by atoms with van der Waals surface area (Å²) < 4.78 is 0. The summed E-state index contributed by atoms with van der Waals surface area (Å²) in [6, 6.07) is 4.42. The van der Waals surface area contributed by atoms with Crippen LogP contribution in [0.3, 0.4) is 0 Å². The maximum absolute atomic E-state index is 5.55. The highest BCUT2D eigenvalue weighted by Gasteiger charge is 2.21. The van der Waals surface area contributed by atoms with Crippen LogP contribution in [0.5, 0.6) is 0 Å². The number of nitrogens with two attached hydrogens (primary N) is 1. The van der Waals surface area contributed by atoms with Crippen LogP contribution in [0.1, 0.15) is 31.2 Å². The summed E-state index contributed by atoms with van der Waals surface area (Å²) in [5.74, 6) is 0.918. The van der Waals surface area contributed by atoms with Crippen LogP contribution in [0.15, 0.2) is 18.3 Å². The van der Waals surface area contributed by atoms with E-state index in [-0.39, 0.29) is 0 Å². The Morgan fingerprint density at radius 2 is 2.33 bits per heavy atom. The first-order chi connectivity index (χ1) is 8.69. The molecule has 0 aliphatic heterocycles. The van der Waals surface area contributed by atoms with Crippen LogP contribution < -0.4 is 11.1 Å². The molecule has 0 amide bonds. The first-order valence-electron chi connectivity index (χ1n) is 6.24. The second kappa shape index (κ2) is 6.38. The van der Waals surface area contributed by atoms with E-state index < -0.39 is 0 Å². The molecule has 3 N–H and O–H groups in total. The number of thioether (sulfide) groups is 1. The zero-order valence-electron chi connectivity index (χ0n) is 10.6. The van der Waals surface area contributed by atoms with E-state index in [1.54, 1.807) is 6.20 Å². The number of hydrogen-bond acceptors (Lipinski definition) is 4. The molecule has 1 heterocycles. The monoisotopic (exact) mass is 281 g/mol. The summed E-state index contributed by atoms with van der Waals surface area (Å²) in [7, 11) is 0. The van der Waals surface area contributed by atoms with Gasteiger partial charge in [0.25, 0.3) is 0 Å². The number of rotatable bonds is 4. The summed E-state index contributed by atoms with van der Waals surface area (Å²) in [5.41, 5.74) is 6.37. The zero-order chi connectivity index (χ0) is 13.0. The molecule has 0 bridgehead atoms. The summed E-state index contributed by atoms with van der Waals surface area (Å²) in [4.78, 5) is 4.76. The highest BCUT2D eigenvalue weighted by Crippen LogP contribution is 2.28. The molecular weight excluding hydrogens is 262 g/mol. The predicted octanol–water partition coefficient (Wildman–Crippen LogP) is 2.80. The molecule has 0 aromatic carbocycles. The second-order valence-corrected chi connectivity index (χ2v) is 6.24. The molecule has 98 valence electrons. The third-order valence-corrected chi connectivity index (χ3v) is 4.69. The van der Waals surface area contributed by atoms with Crippen LogP contribution in [0.4, 0.5) is 5.82 Å². The smallest absolute Gasteiger partial charge is 0.126 e. The zero-order valence-corrected chi connectivity index (χ0v) is 12.2. The lowest BCUT2D eigenvalue weighted by Gasteiger charge is -2.29. The molecular formula is C13H19N3S2. The molecule has 1 aliphatic rings. The molecule has 1 aliphatic carbocycles. The van der Waals surface area contributed by atoms with Crippen LogP contribution in [-0.2, 0) is 0 Å². The van der Waals surface area contributed by atoms with Crippen molar-refractivity contribution in [2.75, 3.05) is 11.6 Å². The van der Waals surface area contributed by atoms with E-state index in [1.807, 2.05) is 23.9 Å². The second-order valence-electron chi connectivity index (χ2n) is 4.66. The van der Waals surface area contributed by atoms with Crippen LogP contribution >= 0.6 is 24.0 Å². The normalized spacial score (nSPS) is 23.6. The van der Waals surface area contributed by atoms with Crippen LogP contribution in [-0.4, -0.2) is 27.5 Å². The first-order valence-corrected chi connectivity index (χ1v) is 7.94. The Labute approximate surface area is 118 Å². The Balaban J connectivity index is 1.94. The van der Waals surface area contributed by atoms with Crippen molar-refractivity contribution in [3.8, 4) is 0 Å². The fraction of sp³-hybridized carbons (Fsp3) is 0.538. The van der Waals surface area contributed by atoms with E-state index in [1.165, 1.54) is 25.7 Å². The number of aromatic nitrogens is 1. The van der Waals surface area contributed by atoms with E-state index >= 15 is 0 Å². The molecule has 0 saturated heterocycles. The Hall–Kier alpha value is -0.810. The van der Waals surface area contributed by atoms with Gasteiger partial charge < -0.3 is 11.1 Å². The summed E-state index contributed by atoms with van der Waals surface area (Å²) in [6.45, 7) is 0. The van der Waals surface area contributed by atoms with Gasteiger partial charge in [-0.25, -0.2) is 4.98 Å². The van der Waals surface area contributed by atoms with Crippen molar-refractivity contribution < 1.29 is 0 Å². The van der Waals surface area contributed by atoms with Gasteiger partial charge in [-0.15, -0.1) is 0 Å². The summed E-state index contributed by atoms with van der Waals surface area (Å²) in [6.07, 6.45) is 9.03. The van der Waals surface area contributed by atoms with E-state index in [0.29, 0.717) is 11.0 Å². The molecule has 2 rings (SSSR count). The number of nitrogens with one attached hydrogen (secondary N) is 1. The number of thiocarbonyl (C=S) groups is 1.